The molecule has 1 aromatic carbocycles. The van der Waals surface area contributed by atoms with Gasteiger partial charge in [0.15, 0.2) is 5.78 Å². The van der Waals surface area contributed by atoms with Crippen LogP contribution in [0.3, 0.4) is 0 Å². The predicted molar refractivity (Wildman–Crippen MR) is 92.7 cm³/mol. The van der Waals surface area contributed by atoms with Crippen LogP contribution in [0.15, 0.2) is 24.3 Å². The Morgan fingerprint density at radius 1 is 1.04 bits per heavy atom. The van der Waals surface area contributed by atoms with Crippen molar-refractivity contribution in [2.24, 2.45) is 0 Å². The maximum absolute atomic E-state index is 12.2. The van der Waals surface area contributed by atoms with Gasteiger partial charge in [-0.25, -0.2) is 0 Å². The molecule has 0 fully saturated rings. The number of fused-ring (bicyclic) bond motifs is 1. The third kappa shape index (κ3) is 5.23. The Hall–Kier alpha value is -2.54. The minimum atomic E-state index is -0.634. The highest BCUT2D eigenvalue weighted by molar-refractivity contribution is 6.21. The van der Waals surface area contributed by atoms with Crippen LogP contribution in [-0.2, 0) is 19.1 Å². The number of Topliss-reactive ketones (excluding diaryl/α,β-unsaturated/α-hetero) is 1. The number of carbonyl (C=O) groups excluding carboxylic acids is 4. The molecule has 140 valence electrons. The maximum Gasteiger partial charge on any atom is 0.313 e. The van der Waals surface area contributed by atoms with Gasteiger partial charge in [-0.1, -0.05) is 12.1 Å². The molecule has 2 rings (SSSR count). The highest BCUT2D eigenvalue weighted by atomic mass is 16.6. The van der Waals surface area contributed by atoms with E-state index in [-0.39, 0.29) is 43.8 Å². The van der Waals surface area contributed by atoms with Gasteiger partial charge in [-0.3, -0.25) is 24.1 Å². The molecule has 2 amide bonds. The van der Waals surface area contributed by atoms with Crippen molar-refractivity contribution in [2.45, 2.75) is 39.2 Å². The lowest BCUT2D eigenvalue weighted by atomic mass is 10.1. The molecule has 0 aromatic heterocycles. The molecule has 0 bridgehead atoms. The molecular formula is C19H23NO6. The number of ether oxygens (including phenoxy) is 2. The number of imide groups is 1. The molecule has 7 nitrogen and oxygen atoms in total. The molecule has 7 heteroatoms. The monoisotopic (exact) mass is 361 g/mol. The van der Waals surface area contributed by atoms with Gasteiger partial charge in [0, 0.05) is 13.2 Å². The Balaban J connectivity index is 1.67. The van der Waals surface area contributed by atoms with E-state index in [0.29, 0.717) is 17.5 Å². The molecule has 0 saturated carbocycles. The maximum atomic E-state index is 12.2. The highest BCUT2D eigenvalue weighted by Gasteiger charge is 2.34. The molecule has 1 aromatic rings. The van der Waals surface area contributed by atoms with Crippen LogP contribution >= 0.6 is 0 Å². The van der Waals surface area contributed by atoms with Crippen LogP contribution in [0.1, 0.15) is 54.3 Å². The first-order valence-corrected chi connectivity index (χ1v) is 8.45. The molecule has 0 N–H and O–H groups in total. The molecule has 0 spiro atoms. The molecule has 0 unspecified atom stereocenters. The number of carbonyl (C=O) groups is 4. The fourth-order valence-corrected chi connectivity index (χ4v) is 2.54. The van der Waals surface area contributed by atoms with E-state index in [2.05, 4.69) is 0 Å². The highest BCUT2D eigenvalue weighted by Crippen LogP contribution is 2.22. The number of rotatable bonds is 8. The summed E-state index contributed by atoms with van der Waals surface area (Å²) in [5.41, 5.74) is 0.182. The molecule has 0 saturated heterocycles. The van der Waals surface area contributed by atoms with Crippen LogP contribution in [0.2, 0.25) is 0 Å². The van der Waals surface area contributed by atoms with Crippen molar-refractivity contribution in [1.82, 2.24) is 4.90 Å². The first-order valence-electron chi connectivity index (χ1n) is 8.45. The first-order chi connectivity index (χ1) is 12.2. The summed E-state index contributed by atoms with van der Waals surface area (Å²) in [6.07, 6.45) is 0.0703. The lowest BCUT2D eigenvalue weighted by Gasteiger charge is -2.19. The van der Waals surface area contributed by atoms with Crippen molar-refractivity contribution < 1.29 is 28.7 Å². The molecule has 1 aliphatic rings. The lowest BCUT2D eigenvalue weighted by molar-refractivity contribution is -0.156. The number of hydrogen-bond donors (Lipinski definition) is 0. The Morgan fingerprint density at radius 2 is 1.62 bits per heavy atom. The summed E-state index contributed by atoms with van der Waals surface area (Å²) >= 11 is 0. The zero-order valence-corrected chi connectivity index (χ0v) is 15.2. The molecular weight excluding hydrogens is 338 g/mol. The number of esters is 1. The Labute approximate surface area is 152 Å². The fraction of sp³-hybridized carbons (Fsp3) is 0.474. The fourth-order valence-electron chi connectivity index (χ4n) is 2.54. The standard InChI is InChI=1S/C19H23NO6/c1-19(2,3)26-16(22)11-13(21)12-25-10-6-9-20-17(23)14-7-4-5-8-15(14)18(20)24/h4-5,7-8H,6,9-12H2,1-3H3. The van der Waals surface area contributed by atoms with Crippen molar-refractivity contribution in [1.29, 1.82) is 0 Å². The summed E-state index contributed by atoms with van der Waals surface area (Å²) in [5, 5.41) is 0. The summed E-state index contributed by atoms with van der Waals surface area (Å²) in [5.74, 6) is -1.59. The number of hydrogen-bond acceptors (Lipinski definition) is 6. The van der Waals surface area contributed by atoms with E-state index < -0.39 is 11.6 Å². The van der Waals surface area contributed by atoms with E-state index in [1.54, 1.807) is 45.0 Å². The van der Waals surface area contributed by atoms with Gasteiger partial charge in [-0.15, -0.1) is 0 Å². The molecule has 1 aliphatic heterocycles. The van der Waals surface area contributed by atoms with Crippen LogP contribution < -0.4 is 0 Å². The average molecular weight is 361 g/mol. The second-order valence-electron chi connectivity index (χ2n) is 7.02. The molecule has 26 heavy (non-hydrogen) atoms. The van der Waals surface area contributed by atoms with Crippen LogP contribution in [0, 0.1) is 0 Å². The van der Waals surface area contributed by atoms with Crippen molar-refractivity contribution >= 4 is 23.6 Å². The van der Waals surface area contributed by atoms with Crippen LogP contribution in [0.25, 0.3) is 0 Å². The zero-order valence-electron chi connectivity index (χ0n) is 15.2. The number of ketones is 1. The van der Waals surface area contributed by atoms with Crippen molar-refractivity contribution in [3.05, 3.63) is 35.4 Å². The van der Waals surface area contributed by atoms with Crippen molar-refractivity contribution in [3.63, 3.8) is 0 Å². The van der Waals surface area contributed by atoms with Gasteiger partial charge in [0.05, 0.1) is 11.1 Å². The Kier molecular flexibility index (Phi) is 6.26. The second kappa shape index (κ2) is 8.23. The van der Waals surface area contributed by atoms with E-state index in [9.17, 15) is 19.2 Å². The molecule has 0 aliphatic carbocycles. The second-order valence-corrected chi connectivity index (χ2v) is 7.02. The molecule has 1 heterocycles. The third-order valence-electron chi connectivity index (χ3n) is 3.57. The Morgan fingerprint density at radius 3 is 2.15 bits per heavy atom. The number of amides is 2. The topological polar surface area (TPSA) is 90.0 Å². The number of benzene rings is 1. The van der Waals surface area contributed by atoms with Crippen molar-refractivity contribution in [3.8, 4) is 0 Å². The zero-order chi connectivity index (χ0) is 19.3. The normalized spacial score (nSPS) is 13.7. The van der Waals surface area contributed by atoms with Gasteiger partial charge in [0.1, 0.15) is 18.6 Å². The van der Waals surface area contributed by atoms with E-state index in [4.69, 9.17) is 9.47 Å². The largest absolute Gasteiger partial charge is 0.460 e. The average Bonchev–Trinajstić information content (AvgIpc) is 2.77. The number of nitrogens with zero attached hydrogens (tertiary/aromatic N) is 1. The summed E-state index contributed by atoms with van der Waals surface area (Å²) in [4.78, 5) is 48.7. The van der Waals surface area contributed by atoms with E-state index in [0.717, 1.165) is 0 Å². The van der Waals surface area contributed by atoms with Crippen LogP contribution in [0.4, 0.5) is 0 Å². The summed E-state index contributed by atoms with van der Waals surface area (Å²) in [6.45, 7) is 5.39. The van der Waals surface area contributed by atoms with Crippen LogP contribution in [-0.4, -0.2) is 53.8 Å². The smallest absolute Gasteiger partial charge is 0.313 e. The SMILES string of the molecule is CC(C)(C)OC(=O)CC(=O)COCCCN1C(=O)c2ccccc2C1=O. The summed E-state index contributed by atoms with van der Waals surface area (Å²) in [6, 6.07) is 6.68. The summed E-state index contributed by atoms with van der Waals surface area (Å²) in [7, 11) is 0. The van der Waals surface area contributed by atoms with E-state index in [1.807, 2.05) is 0 Å². The molecule has 0 radical (unpaired) electrons. The van der Waals surface area contributed by atoms with Gasteiger partial charge in [0.25, 0.3) is 11.8 Å². The lowest BCUT2D eigenvalue weighted by Crippen LogP contribution is -2.31. The quantitative estimate of drug-likeness (QED) is 0.304. The van der Waals surface area contributed by atoms with Crippen LogP contribution in [0.5, 0.6) is 0 Å². The van der Waals surface area contributed by atoms with Gasteiger partial charge >= 0.3 is 5.97 Å². The first kappa shape index (κ1) is 19.8. The predicted octanol–water partition coefficient (Wildman–Crippen LogP) is 1.99. The van der Waals surface area contributed by atoms with Gasteiger partial charge in [-0.2, -0.15) is 0 Å². The summed E-state index contributed by atoms with van der Waals surface area (Å²) < 4.78 is 10.3. The Bertz CT molecular complexity index is 684. The molecule has 0 atom stereocenters. The van der Waals surface area contributed by atoms with E-state index >= 15 is 0 Å². The van der Waals surface area contributed by atoms with Gasteiger partial charge in [-0.05, 0) is 39.3 Å². The third-order valence-corrected chi connectivity index (χ3v) is 3.57. The van der Waals surface area contributed by atoms with E-state index in [1.165, 1.54) is 4.90 Å². The van der Waals surface area contributed by atoms with Crippen molar-refractivity contribution in [2.75, 3.05) is 19.8 Å². The van der Waals surface area contributed by atoms with Gasteiger partial charge in [0.2, 0.25) is 0 Å². The minimum Gasteiger partial charge on any atom is -0.460 e. The minimum absolute atomic E-state index is 0.202. The van der Waals surface area contributed by atoms with Gasteiger partial charge < -0.3 is 9.47 Å².